The number of rotatable bonds is 7. The SMILES string of the molecule is CCc1nc2ccc(C(=O)N(C)Cc3ccccc3)cn2c1N(C=O)CC. The van der Waals surface area contributed by atoms with Gasteiger partial charge in [-0.2, -0.15) is 0 Å². The van der Waals surface area contributed by atoms with Gasteiger partial charge in [0.25, 0.3) is 5.91 Å². The molecular weight excluding hydrogens is 340 g/mol. The lowest BCUT2D eigenvalue weighted by Crippen LogP contribution is -2.27. The third kappa shape index (κ3) is 3.69. The zero-order valence-corrected chi connectivity index (χ0v) is 15.9. The van der Waals surface area contributed by atoms with Gasteiger partial charge in [-0.3, -0.25) is 18.9 Å². The number of carbonyl (C=O) groups excluding carboxylic acids is 2. The van der Waals surface area contributed by atoms with Gasteiger partial charge < -0.3 is 4.90 Å². The molecule has 2 aromatic heterocycles. The Hall–Kier alpha value is -3.15. The Kier molecular flexibility index (Phi) is 5.54. The minimum atomic E-state index is -0.0763. The van der Waals surface area contributed by atoms with Crippen molar-refractivity contribution >= 4 is 23.8 Å². The first-order valence-electron chi connectivity index (χ1n) is 9.11. The summed E-state index contributed by atoms with van der Waals surface area (Å²) in [6.45, 7) is 4.99. The third-order valence-electron chi connectivity index (χ3n) is 4.59. The van der Waals surface area contributed by atoms with Crippen LogP contribution in [0.4, 0.5) is 5.82 Å². The summed E-state index contributed by atoms with van der Waals surface area (Å²) in [5, 5.41) is 0. The van der Waals surface area contributed by atoms with Crippen LogP contribution in [-0.4, -0.2) is 40.2 Å². The normalized spacial score (nSPS) is 10.8. The number of anilines is 1. The molecule has 0 saturated carbocycles. The van der Waals surface area contributed by atoms with Crippen molar-refractivity contribution in [3.05, 3.63) is 65.5 Å². The van der Waals surface area contributed by atoms with Crippen LogP contribution >= 0.6 is 0 Å². The first-order chi connectivity index (χ1) is 13.1. The van der Waals surface area contributed by atoms with Gasteiger partial charge in [0.05, 0.1) is 11.3 Å². The lowest BCUT2D eigenvalue weighted by Gasteiger charge is -2.19. The van der Waals surface area contributed by atoms with Crippen LogP contribution in [0.25, 0.3) is 5.65 Å². The maximum absolute atomic E-state index is 12.9. The molecule has 0 atom stereocenters. The molecular formula is C21H24N4O2. The van der Waals surface area contributed by atoms with Gasteiger partial charge >= 0.3 is 0 Å². The average Bonchev–Trinajstić information content (AvgIpc) is 3.07. The van der Waals surface area contributed by atoms with Crippen LogP contribution in [0, 0.1) is 0 Å². The summed E-state index contributed by atoms with van der Waals surface area (Å²) >= 11 is 0. The predicted molar refractivity (Wildman–Crippen MR) is 106 cm³/mol. The van der Waals surface area contributed by atoms with E-state index in [4.69, 9.17) is 0 Å². The highest BCUT2D eigenvalue weighted by molar-refractivity contribution is 5.94. The molecule has 3 aromatic rings. The molecule has 0 aliphatic rings. The summed E-state index contributed by atoms with van der Waals surface area (Å²) in [5.74, 6) is 0.651. The summed E-state index contributed by atoms with van der Waals surface area (Å²) < 4.78 is 1.83. The molecule has 0 radical (unpaired) electrons. The molecule has 27 heavy (non-hydrogen) atoms. The second-order valence-electron chi connectivity index (χ2n) is 6.42. The number of imidazole rings is 1. The molecule has 2 amide bonds. The number of aryl methyl sites for hydroxylation is 1. The second kappa shape index (κ2) is 8.03. The molecule has 0 aliphatic carbocycles. The van der Waals surface area contributed by atoms with E-state index in [0.29, 0.717) is 25.1 Å². The van der Waals surface area contributed by atoms with E-state index in [1.54, 1.807) is 29.1 Å². The minimum Gasteiger partial charge on any atom is -0.337 e. The van der Waals surface area contributed by atoms with Gasteiger partial charge in [0.1, 0.15) is 11.5 Å². The predicted octanol–water partition coefficient (Wildman–Crippen LogP) is 3.15. The number of hydrogen-bond acceptors (Lipinski definition) is 3. The van der Waals surface area contributed by atoms with Gasteiger partial charge in [-0.15, -0.1) is 0 Å². The highest BCUT2D eigenvalue weighted by Gasteiger charge is 2.19. The Balaban J connectivity index is 1.96. The van der Waals surface area contributed by atoms with E-state index in [1.807, 2.05) is 54.6 Å². The van der Waals surface area contributed by atoms with Crippen LogP contribution in [0.3, 0.4) is 0 Å². The lowest BCUT2D eigenvalue weighted by molar-refractivity contribution is -0.107. The second-order valence-corrected chi connectivity index (χ2v) is 6.42. The fourth-order valence-electron chi connectivity index (χ4n) is 3.17. The maximum Gasteiger partial charge on any atom is 0.255 e. The maximum atomic E-state index is 12.9. The van der Waals surface area contributed by atoms with Crippen molar-refractivity contribution in [2.45, 2.75) is 26.8 Å². The molecule has 6 heteroatoms. The number of fused-ring (bicyclic) bond motifs is 1. The first-order valence-corrected chi connectivity index (χ1v) is 9.11. The quantitative estimate of drug-likeness (QED) is 0.605. The Morgan fingerprint density at radius 3 is 2.52 bits per heavy atom. The van der Waals surface area contributed by atoms with E-state index in [2.05, 4.69) is 4.98 Å². The molecule has 0 saturated heterocycles. The molecule has 0 fully saturated rings. The number of aromatic nitrogens is 2. The zero-order valence-electron chi connectivity index (χ0n) is 15.9. The molecule has 1 aromatic carbocycles. The molecule has 0 spiro atoms. The van der Waals surface area contributed by atoms with E-state index < -0.39 is 0 Å². The Bertz CT molecular complexity index is 949. The van der Waals surface area contributed by atoms with Crippen LogP contribution in [0.15, 0.2) is 48.7 Å². The minimum absolute atomic E-state index is 0.0763. The smallest absolute Gasteiger partial charge is 0.255 e. The largest absolute Gasteiger partial charge is 0.337 e. The van der Waals surface area contributed by atoms with E-state index in [1.165, 1.54) is 0 Å². The fourth-order valence-corrected chi connectivity index (χ4v) is 3.17. The number of carbonyl (C=O) groups is 2. The van der Waals surface area contributed by atoms with Crippen molar-refractivity contribution < 1.29 is 9.59 Å². The van der Waals surface area contributed by atoms with Crippen molar-refractivity contribution in [1.82, 2.24) is 14.3 Å². The van der Waals surface area contributed by atoms with Gasteiger partial charge in [-0.25, -0.2) is 4.98 Å². The summed E-state index contributed by atoms with van der Waals surface area (Å²) in [6.07, 6.45) is 3.28. The number of nitrogens with zero attached hydrogens (tertiary/aromatic N) is 4. The topological polar surface area (TPSA) is 57.9 Å². The number of amides is 2. The van der Waals surface area contributed by atoms with Gasteiger partial charge in [0.15, 0.2) is 0 Å². The third-order valence-corrected chi connectivity index (χ3v) is 4.59. The first kappa shape index (κ1) is 18.6. The Morgan fingerprint density at radius 2 is 1.89 bits per heavy atom. The van der Waals surface area contributed by atoms with Crippen molar-refractivity contribution in [2.24, 2.45) is 0 Å². The van der Waals surface area contributed by atoms with Crippen molar-refractivity contribution in [2.75, 3.05) is 18.5 Å². The Labute approximate surface area is 159 Å². The zero-order chi connectivity index (χ0) is 19.4. The van der Waals surface area contributed by atoms with Gasteiger partial charge in [-0.05, 0) is 31.0 Å². The van der Waals surface area contributed by atoms with Gasteiger partial charge in [0.2, 0.25) is 6.41 Å². The molecule has 0 unspecified atom stereocenters. The summed E-state index contributed by atoms with van der Waals surface area (Å²) in [4.78, 5) is 32.3. The van der Waals surface area contributed by atoms with Crippen molar-refractivity contribution in [3.63, 3.8) is 0 Å². The van der Waals surface area contributed by atoms with Gasteiger partial charge in [-0.1, -0.05) is 37.3 Å². The average molecular weight is 364 g/mol. The summed E-state index contributed by atoms with van der Waals surface area (Å²) in [6, 6.07) is 13.5. The molecule has 6 nitrogen and oxygen atoms in total. The molecule has 0 N–H and O–H groups in total. The Morgan fingerprint density at radius 1 is 1.15 bits per heavy atom. The van der Waals surface area contributed by atoms with Crippen LogP contribution < -0.4 is 4.90 Å². The van der Waals surface area contributed by atoms with E-state index in [-0.39, 0.29) is 5.91 Å². The van der Waals surface area contributed by atoms with E-state index in [9.17, 15) is 9.59 Å². The van der Waals surface area contributed by atoms with Crippen LogP contribution in [0.2, 0.25) is 0 Å². The van der Waals surface area contributed by atoms with Crippen molar-refractivity contribution in [1.29, 1.82) is 0 Å². The lowest BCUT2D eigenvalue weighted by atomic mass is 10.2. The summed E-state index contributed by atoms with van der Waals surface area (Å²) in [7, 11) is 1.79. The number of pyridine rings is 1. The highest BCUT2D eigenvalue weighted by atomic mass is 16.2. The summed E-state index contributed by atoms with van der Waals surface area (Å²) in [5.41, 5.74) is 3.20. The highest BCUT2D eigenvalue weighted by Crippen LogP contribution is 2.23. The molecule has 2 heterocycles. The molecule has 0 bridgehead atoms. The van der Waals surface area contributed by atoms with Crippen LogP contribution in [0.5, 0.6) is 0 Å². The van der Waals surface area contributed by atoms with E-state index >= 15 is 0 Å². The van der Waals surface area contributed by atoms with Crippen LogP contribution in [0.1, 0.15) is 35.5 Å². The van der Waals surface area contributed by atoms with Crippen LogP contribution in [-0.2, 0) is 17.8 Å². The molecule has 0 aliphatic heterocycles. The number of hydrogen-bond donors (Lipinski definition) is 0. The van der Waals surface area contributed by atoms with E-state index in [0.717, 1.165) is 29.1 Å². The van der Waals surface area contributed by atoms with Gasteiger partial charge in [0, 0.05) is 26.3 Å². The molecule has 140 valence electrons. The fraction of sp³-hybridized carbons (Fsp3) is 0.286. The number of benzene rings is 1. The monoisotopic (exact) mass is 364 g/mol. The standard InChI is InChI=1S/C21H24N4O2/c1-4-18-20(24(5-2)15-26)25-14-17(11-12-19(25)22-18)21(27)23(3)13-16-9-7-6-8-10-16/h6-12,14-15H,4-5,13H2,1-3H3. The van der Waals surface area contributed by atoms with Crippen molar-refractivity contribution in [3.8, 4) is 0 Å². The molecule has 3 rings (SSSR count).